The number of aromatic nitrogens is 1. The zero-order chi connectivity index (χ0) is 16.0. The van der Waals surface area contributed by atoms with Gasteiger partial charge in [-0.3, -0.25) is 0 Å². The first-order valence-corrected chi connectivity index (χ1v) is 8.52. The fourth-order valence-corrected chi connectivity index (χ4v) is 4.56. The molecule has 2 aromatic rings. The summed E-state index contributed by atoms with van der Waals surface area (Å²) in [6.07, 6.45) is 1.73. The Morgan fingerprint density at radius 3 is 2.35 bits per heavy atom. The molecule has 3 nitrogen and oxygen atoms in total. The Bertz CT molecular complexity index is 713. The van der Waals surface area contributed by atoms with Crippen molar-refractivity contribution in [1.82, 2.24) is 4.98 Å². The molecule has 1 aromatic heterocycles. The number of rotatable bonds is 2. The molecule has 1 aliphatic carbocycles. The van der Waals surface area contributed by atoms with E-state index in [0.717, 1.165) is 43.0 Å². The van der Waals surface area contributed by atoms with E-state index in [2.05, 4.69) is 41.1 Å². The van der Waals surface area contributed by atoms with Crippen molar-refractivity contribution in [3.63, 3.8) is 0 Å². The van der Waals surface area contributed by atoms with Crippen LogP contribution in [0.15, 0.2) is 42.5 Å². The molecule has 2 heterocycles. The molecule has 0 amide bonds. The highest BCUT2D eigenvalue weighted by Crippen LogP contribution is 2.50. The minimum absolute atomic E-state index is 0.557. The molecule has 2 atom stereocenters. The smallest absolute Gasteiger partial charge is 0.128 e. The highest BCUT2D eigenvalue weighted by Gasteiger charge is 2.49. The van der Waals surface area contributed by atoms with Crippen LogP contribution in [0.1, 0.15) is 29.7 Å². The molecule has 120 valence electrons. The second kappa shape index (κ2) is 5.34. The first-order valence-electron chi connectivity index (χ1n) is 8.52. The summed E-state index contributed by atoms with van der Waals surface area (Å²) in [6, 6.07) is 14.5. The minimum atomic E-state index is -0.646. The second-order valence-electron chi connectivity index (χ2n) is 7.32. The van der Waals surface area contributed by atoms with E-state index in [9.17, 15) is 5.11 Å². The SMILES string of the molecule is Cc1cccc(N2CC3CC(O)(c4ccccc4C)CC3C2)n1. The number of fused-ring (bicyclic) bond motifs is 1. The molecule has 1 saturated heterocycles. The quantitative estimate of drug-likeness (QED) is 0.923. The fraction of sp³-hybridized carbons (Fsp3) is 0.450. The lowest BCUT2D eigenvalue weighted by molar-refractivity contribution is 0.0359. The Kier molecular flexibility index (Phi) is 3.42. The second-order valence-corrected chi connectivity index (χ2v) is 7.32. The van der Waals surface area contributed by atoms with Crippen LogP contribution in [0.3, 0.4) is 0 Å². The Morgan fingerprint density at radius 2 is 1.70 bits per heavy atom. The first kappa shape index (κ1) is 14.7. The summed E-state index contributed by atoms with van der Waals surface area (Å²) < 4.78 is 0. The molecular weight excluding hydrogens is 284 g/mol. The molecule has 0 radical (unpaired) electrons. The van der Waals surface area contributed by atoms with Gasteiger partial charge in [0.15, 0.2) is 0 Å². The van der Waals surface area contributed by atoms with E-state index in [-0.39, 0.29) is 0 Å². The third kappa shape index (κ3) is 2.53. The maximum Gasteiger partial charge on any atom is 0.128 e. The number of nitrogens with zero attached hydrogens (tertiary/aromatic N) is 2. The van der Waals surface area contributed by atoms with Gasteiger partial charge in [-0.1, -0.05) is 30.3 Å². The van der Waals surface area contributed by atoms with Crippen LogP contribution < -0.4 is 4.90 Å². The molecule has 2 fully saturated rings. The van der Waals surface area contributed by atoms with Gasteiger partial charge in [0.1, 0.15) is 5.82 Å². The van der Waals surface area contributed by atoms with E-state index >= 15 is 0 Å². The predicted octanol–water partition coefficient (Wildman–Crippen LogP) is 3.43. The number of aryl methyl sites for hydroxylation is 2. The lowest BCUT2D eigenvalue weighted by Gasteiger charge is -2.28. The van der Waals surface area contributed by atoms with Crippen molar-refractivity contribution in [3.05, 3.63) is 59.3 Å². The first-order chi connectivity index (χ1) is 11.0. The third-order valence-electron chi connectivity index (χ3n) is 5.62. The number of anilines is 1. The number of pyridine rings is 1. The Hall–Kier alpha value is -1.87. The van der Waals surface area contributed by atoms with Crippen molar-refractivity contribution in [2.45, 2.75) is 32.3 Å². The fourth-order valence-electron chi connectivity index (χ4n) is 4.56. The van der Waals surface area contributed by atoms with E-state index < -0.39 is 5.60 Å². The molecular formula is C20H24N2O. The molecule has 4 rings (SSSR count). The van der Waals surface area contributed by atoms with Gasteiger partial charge in [-0.2, -0.15) is 0 Å². The summed E-state index contributed by atoms with van der Waals surface area (Å²) in [5.41, 5.74) is 2.74. The van der Waals surface area contributed by atoms with Crippen molar-refractivity contribution < 1.29 is 5.11 Å². The van der Waals surface area contributed by atoms with Crippen LogP contribution in [0.4, 0.5) is 5.82 Å². The number of hydrogen-bond acceptors (Lipinski definition) is 3. The number of aliphatic hydroxyl groups is 1. The lowest BCUT2D eigenvalue weighted by Crippen LogP contribution is -2.29. The van der Waals surface area contributed by atoms with Crippen molar-refractivity contribution in [2.24, 2.45) is 11.8 Å². The van der Waals surface area contributed by atoms with Gasteiger partial charge in [-0.25, -0.2) is 4.98 Å². The van der Waals surface area contributed by atoms with E-state index in [0.29, 0.717) is 11.8 Å². The number of benzene rings is 1. The molecule has 23 heavy (non-hydrogen) atoms. The van der Waals surface area contributed by atoms with E-state index in [4.69, 9.17) is 0 Å². The standard InChI is InChI=1S/C20H24N2O/c1-14-6-3-4-8-18(14)20(23)10-16-12-22(13-17(16)11-20)19-9-5-7-15(2)21-19/h3-9,16-17,23H,10-13H2,1-2H3. The average molecular weight is 308 g/mol. The Balaban J connectivity index is 1.53. The van der Waals surface area contributed by atoms with Gasteiger partial charge >= 0.3 is 0 Å². The zero-order valence-electron chi connectivity index (χ0n) is 13.9. The van der Waals surface area contributed by atoms with Crippen molar-refractivity contribution >= 4 is 5.82 Å². The molecule has 2 unspecified atom stereocenters. The highest BCUT2D eigenvalue weighted by atomic mass is 16.3. The van der Waals surface area contributed by atoms with Gasteiger partial charge in [-0.15, -0.1) is 0 Å². The normalized spacial score (nSPS) is 29.8. The number of hydrogen-bond donors (Lipinski definition) is 1. The van der Waals surface area contributed by atoms with Crippen LogP contribution >= 0.6 is 0 Å². The molecule has 1 aromatic carbocycles. The van der Waals surface area contributed by atoms with Crippen LogP contribution in [-0.2, 0) is 5.60 Å². The maximum absolute atomic E-state index is 11.2. The molecule has 0 bridgehead atoms. The summed E-state index contributed by atoms with van der Waals surface area (Å²) >= 11 is 0. The minimum Gasteiger partial charge on any atom is -0.385 e. The lowest BCUT2D eigenvalue weighted by atomic mass is 9.87. The average Bonchev–Trinajstić information content (AvgIpc) is 3.03. The van der Waals surface area contributed by atoms with Crippen LogP contribution in [-0.4, -0.2) is 23.2 Å². The summed E-state index contributed by atoms with van der Waals surface area (Å²) in [4.78, 5) is 7.04. The monoisotopic (exact) mass is 308 g/mol. The molecule has 3 heteroatoms. The largest absolute Gasteiger partial charge is 0.385 e. The molecule has 2 aliphatic rings. The van der Waals surface area contributed by atoms with Crippen LogP contribution in [0, 0.1) is 25.7 Å². The summed E-state index contributed by atoms with van der Waals surface area (Å²) in [7, 11) is 0. The Morgan fingerprint density at radius 1 is 1.00 bits per heavy atom. The van der Waals surface area contributed by atoms with Gasteiger partial charge in [0, 0.05) is 18.8 Å². The van der Waals surface area contributed by atoms with Crippen LogP contribution in [0.5, 0.6) is 0 Å². The molecule has 1 aliphatic heterocycles. The van der Waals surface area contributed by atoms with Gasteiger partial charge in [0.25, 0.3) is 0 Å². The van der Waals surface area contributed by atoms with Gasteiger partial charge in [0.2, 0.25) is 0 Å². The van der Waals surface area contributed by atoms with Crippen LogP contribution in [0.2, 0.25) is 0 Å². The van der Waals surface area contributed by atoms with Gasteiger partial charge < -0.3 is 10.0 Å². The van der Waals surface area contributed by atoms with E-state index in [1.165, 1.54) is 5.56 Å². The van der Waals surface area contributed by atoms with Crippen molar-refractivity contribution in [1.29, 1.82) is 0 Å². The van der Waals surface area contributed by atoms with Gasteiger partial charge in [-0.05, 0) is 61.8 Å². The zero-order valence-corrected chi connectivity index (χ0v) is 13.9. The summed E-state index contributed by atoms with van der Waals surface area (Å²) in [5.74, 6) is 2.20. The van der Waals surface area contributed by atoms with Crippen molar-refractivity contribution in [2.75, 3.05) is 18.0 Å². The van der Waals surface area contributed by atoms with Crippen molar-refractivity contribution in [3.8, 4) is 0 Å². The molecule has 0 spiro atoms. The maximum atomic E-state index is 11.2. The van der Waals surface area contributed by atoms with Gasteiger partial charge in [0.05, 0.1) is 5.60 Å². The van der Waals surface area contributed by atoms with Crippen LogP contribution in [0.25, 0.3) is 0 Å². The topological polar surface area (TPSA) is 36.4 Å². The molecule has 1 N–H and O–H groups in total. The summed E-state index contributed by atoms with van der Waals surface area (Å²) in [6.45, 7) is 6.16. The summed E-state index contributed by atoms with van der Waals surface area (Å²) in [5, 5.41) is 11.2. The predicted molar refractivity (Wildman–Crippen MR) is 92.5 cm³/mol. The third-order valence-corrected chi connectivity index (χ3v) is 5.62. The highest BCUT2D eigenvalue weighted by molar-refractivity contribution is 5.42. The van der Waals surface area contributed by atoms with E-state index in [1.54, 1.807) is 0 Å². The molecule has 1 saturated carbocycles. The van der Waals surface area contributed by atoms with E-state index in [1.807, 2.05) is 25.1 Å². The Labute approximate surface area is 138 Å².